The third-order valence-corrected chi connectivity index (χ3v) is 1.06. The zero-order valence-electron chi connectivity index (χ0n) is 6.70. The van der Waals surface area contributed by atoms with Gasteiger partial charge in [0.2, 0.25) is 0 Å². The minimum Gasteiger partial charge on any atom is -0.158 e. The molecule has 0 aliphatic carbocycles. The Labute approximate surface area is 66.7 Å². The Morgan fingerprint density at radius 2 is 2.27 bits per heavy atom. The Balaban J connectivity index is 2.75. The van der Waals surface area contributed by atoms with Gasteiger partial charge in [0, 0.05) is 12.1 Å². The summed E-state index contributed by atoms with van der Waals surface area (Å²) in [5.41, 5.74) is 0.737. The van der Waals surface area contributed by atoms with E-state index in [1.54, 1.807) is 6.20 Å². The molecule has 0 N–H and O–H groups in total. The van der Waals surface area contributed by atoms with Gasteiger partial charge in [-0.25, -0.2) is 0 Å². The number of hydrogen-bond donors (Lipinski definition) is 0. The Morgan fingerprint density at radius 3 is 2.82 bits per heavy atom. The molecule has 11 heavy (non-hydrogen) atoms. The monoisotopic (exact) mass is 146 g/mol. The first-order valence-electron chi connectivity index (χ1n) is 3.58. The van der Waals surface area contributed by atoms with E-state index in [4.69, 9.17) is 0 Å². The highest BCUT2D eigenvalue weighted by atomic mass is 15.1. The Morgan fingerprint density at radius 1 is 1.45 bits per heavy atom. The van der Waals surface area contributed by atoms with Gasteiger partial charge in [0.1, 0.15) is 5.69 Å². The molecule has 0 spiro atoms. The molecule has 0 aliphatic rings. The topological polar surface area (TPSA) is 25.8 Å². The van der Waals surface area contributed by atoms with E-state index in [1.165, 1.54) is 0 Å². The molecular weight excluding hydrogens is 136 g/mol. The highest BCUT2D eigenvalue weighted by molar-refractivity contribution is 5.25. The van der Waals surface area contributed by atoms with Gasteiger partial charge in [0.15, 0.2) is 0 Å². The molecule has 1 aromatic rings. The standard InChI is InChI=1S/C9H10N2/c1-8(2)5-6-9-4-3-7-10-11-9/h3-4,7-8H,1-2H3. The van der Waals surface area contributed by atoms with Gasteiger partial charge in [0.05, 0.1) is 0 Å². The van der Waals surface area contributed by atoms with E-state index in [1.807, 2.05) is 26.0 Å². The van der Waals surface area contributed by atoms with Crippen LogP contribution in [0, 0.1) is 17.8 Å². The summed E-state index contributed by atoms with van der Waals surface area (Å²) in [5.74, 6) is 6.32. The summed E-state index contributed by atoms with van der Waals surface area (Å²) in [4.78, 5) is 0. The summed E-state index contributed by atoms with van der Waals surface area (Å²) < 4.78 is 0. The van der Waals surface area contributed by atoms with Crippen LogP contribution in [0.5, 0.6) is 0 Å². The summed E-state index contributed by atoms with van der Waals surface area (Å²) >= 11 is 0. The van der Waals surface area contributed by atoms with Gasteiger partial charge in [0.25, 0.3) is 0 Å². The third-order valence-electron chi connectivity index (χ3n) is 1.06. The minimum atomic E-state index is 0.386. The van der Waals surface area contributed by atoms with Crippen LogP contribution in [0.25, 0.3) is 0 Å². The van der Waals surface area contributed by atoms with E-state index in [9.17, 15) is 0 Å². The summed E-state index contributed by atoms with van der Waals surface area (Å²) in [5, 5.41) is 7.54. The molecule has 0 bridgehead atoms. The van der Waals surface area contributed by atoms with Crippen LogP contribution in [0.1, 0.15) is 19.5 Å². The van der Waals surface area contributed by atoms with E-state index >= 15 is 0 Å². The van der Waals surface area contributed by atoms with Gasteiger partial charge in [-0.2, -0.15) is 5.10 Å². The molecule has 0 saturated carbocycles. The number of rotatable bonds is 0. The zero-order valence-corrected chi connectivity index (χ0v) is 6.70. The predicted molar refractivity (Wildman–Crippen MR) is 43.7 cm³/mol. The number of nitrogens with zero attached hydrogens (tertiary/aromatic N) is 2. The highest BCUT2D eigenvalue weighted by Crippen LogP contribution is 1.90. The molecule has 0 aromatic carbocycles. The van der Waals surface area contributed by atoms with Gasteiger partial charge in [-0.15, -0.1) is 5.10 Å². The van der Waals surface area contributed by atoms with Crippen molar-refractivity contribution in [2.45, 2.75) is 13.8 Å². The minimum absolute atomic E-state index is 0.386. The van der Waals surface area contributed by atoms with E-state index in [2.05, 4.69) is 22.0 Å². The van der Waals surface area contributed by atoms with Gasteiger partial charge in [-0.3, -0.25) is 0 Å². The van der Waals surface area contributed by atoms with Crippen molar-refractivity contribution in [1.29, 1.82) is 0 Å². The maximum absolute atomic E-state index is 3.83. The smallest absolute Gasteiger partial charge is 0.135 e. The van der Waals surface area contributed by atoms with E-state index in [0.717, 1.165) is 5.69 Å². The van der Waals surface area contributed by atoms with Crippen molar-refractivity contribution in [3.63, 3.8) is 0 Å². The largest absolute Gasteiger partial charge is 0.158 e. The van der Waals surface area contributed by atoms with E-state index in [0.29, 0.717) is 5.92 Å². The fourth-order valence-corrected chi connectivity index (χ4v) is 0.586. The first kappa shape index (κ1) is 7.74. The maximum Gasteiger partial charge on any atom is 0.135 e. The third kappa shape index (κ3) is 2.81. The van der Waals surface area contributed by atoms with E-state index < -0.39 is 0 Å². The van der Waals surface area contributed by atoms with Crippen molar-refractivity contribution >= 4 is 0 Å². The molecule has 2 heteroatoms. The highest BCUT2D eigenvalue weighted by Gasteiger charge is 1.85. The Kier molecular flexibility index (Phi) is 2.62. The average molecular weight is 146 g/mol. The van der Waals surface area contributed by atoms with Crippen molar-refractivity contribution in [1.82, 2.24) is 10.2 Å². The lowest BCUT2D eigenvalue weighted by Gasteiger charge is -1.87. The molecule has 0 unspecified atom stereocenters. The fraction of sp³-hybridized carbons (Fsp3) is 0.333. The molecular formula is C9H10N2. The SMILES string of the molecule is CC(C)C#Cc1cccnn1. The summed E-state index contributed by atoms with van der Waals surface area (Å²) in [6.45, 7) is 4.09. The van der Waals surface area contributed by atoms with Crippen molar-refractivity contribution < 1.29 is 0 Å². The van der Waals surface area contributed by atoms with Crippen LogP contribution in [-0.2, 0) is 0 Å². The van der Waals surface area contributed by atoms with Crippen molar-refractivity contribution in [2.75, 3.05) is 0 Å². The number of hydrogen-bond acceptors (Lipinski definition) is 2. The Hall–Kier alpha value is -1.36. The lowest BCUT2D eigenvalue weighted by molar-refractivity contribution is 0.865. The molecule has 1 rings (SSSR count). The summed E-state index contributed by atoms with van der Waals surface area (Å²) in [6.07, 6.45) is 1.64. The molecule has 2 nitrogen and oxygen atoms in total. The van der Waals surface area contributed by atoms with Gasteiger partial charge >= 0.3 is 0 Å². The second kappa shape index (κ2) is 3.72. The predicted octanol–water partition coefficient (Wildman–Crippen LogP) is 1.48. The van der Waals surface area contributed by atoms with E-state index in [-0.39, 0.29) is 0 Å². The molecule has 0 saturated heterocycles. The molecule has 0 radical (unpaired) electrons. The molecule has 0 atom stereocenters. The molecule has 1 heterocycles. The maximum atomic E-state index is 3.83. The quantitative estimate of drug-likeness (QED) is 0.518. The van der Waals surface area contributed by atoms with Crippen molar-refractivity contribution in [3.05, 3.63) is 24.0 Å². The lowest BCUT2D eigenvalue weighted by atomic mass is 10.2. The second-order valence-corrected chi connectivity index (χ2v) is 2.53. The van der Waals surface area contributed by atoms with Crippen LogP contribution >= 0.6 is 0 Å². The van der Waals surface area contributed by atoms with Crippen molar-refractivity contribution in [3.8, 4) is 11.8 Å². The van der Waals surface area contributed by atoms with Gasteiger partial charge in [-0.05, 0) is 18.1 Å². The molecule has 0 aliphatic heterocycles. The zero-order chi connectivity index (χ0) is 8.10. The molecule has 56 valence electrons. The first-order chi connectivity index (χ1) is 5.29. The fourth-order valence-electron chi connectivity index (χ4n) is 0.586. The average Bonchev–Trinajstić information content (AvgIpc) is 2.03. The molecule has 1 aromatic heterocycles. The van der Waals surface area contributed by atoms with Crippen LogP contribution in [0.15, 0.2) is 18.3 Å². The van der Waals surface area contributed by atoms with Crippen molar-refractivity contribution in [2.24, 2.45) is 5.92 Å². The second-order valence-electron chi connectivity index (χ2n) is 2.53. The van der Waals surface area contributed by atoms with Crippen LogP contribution in [0.3, 0.4) is 0 Å². The van der Waals surface area contributed by atoms with Gasteiger partial charge < -0.3 is 0 Å². The molecule has 0 fully saturated rings. The molecule has 0 amide bonds. The van der Waals surface area contributed by atoms with Crippen LogP contribution in [-0.4, -0.2) is 10.2 Å². The Bertz CT molecular complexity index is 267. The number of aromatic nitrogens is 2. The lowest BCUT2D eigenvalue weighted by Crippen LogP contribution is -1.85. The van der Waals surface area contributed by atoms with Gasteiger partial charge in [-0.1, -0.05) is 19.8 Å². The van der Waals surface area contributed by atoms with Crippen LogP contribution in [0.2, 0.25) is 0 Å². The van der Waals surface area contributed by atoms with Crippen LogP contribution < -0.4 is 0 Å². The van der Waals surface area contributed by atoms with Crippen LogP contribution in [0.4, 0.5) is 0 Å². The first-order valence-corrected chi connectivity index (χ1v) is 3.58. The summed E-state index contributed by atoms with van der Waals surface area (Å²) in [7, 11) is 0. The normalized spacial score (nSPS) is 9.00. The summed E-state index contributed by atoms with van der Waals surface area (Å²) in [6, 6.07) is 3.68.